The Morgan fingerprint density at radius 3 is 2.51 bits per heavy atom. The summed E-state index contributed by atoms with van der Waals surface area (Å²) in [6.07, 6.45) is 3.69. The normalized spacial score (nSPS) is 13.9. The number of para-hydroxylation sites is 2. The molecule has 1 fully saturated rings. The summed E-state index contributed by atoms with van der Waals surface area (Å²) in [4.78, 5) is 27.4. The van der Waals surface area contributed by atoms with Gasteiger partial charge >= 0.3 is 6.09 Å². The number of piperidine rings is 1. The Morgan fingerprint density at radius 2 is 1.72 bits per heavy atom. The van der Waals surface area contributed by atoms with Gasteiger partial charge in [0, 0.05) is 25.4 Å². The Balaban J connectivity index is 1.32. The number of benzene rings is 2. The number of carbonyl (C=O) groups is 1. The molecule has 0 aliphatic carbocycles. The first kappa shape index (κ1) is 31.5. The van der Waals surface area contributed by atoms with E-state index < -0.39 is 16.1 Å². The maximum absolute atomic E-state index is 13.7. The van der Waals surface area contributed by atoms with E-state index in [0.29, 0.717) is 36.2 Å². The van der Waals surface area contributed by atoms with Crippen LogP contribution in [-0.4, -0.2) is 69.7 Å². The summed E-state index contributed by atoms with van der Waals surface area (Å²) < 4.78 is 63.7. The van der Waals surface area contributed by atoms with Crippen LogP contribution in [0.5, 0.6) is 34.6 Å². The number of pyridine rings is 1. The van der Waals surface area contributed by atoms with Gasteiger partial charge in [0.2, 0.25) is 18.5 Å². The number of nitrogens with zero attached hydrogens (tertiary/aromatic N) is 4. The Labute approximate surface area is 270 Å². The Bertz CT molecular complexity index is 1820. The lowest BCUT2D eigenvalue weighted by Gasteiger charge is -2.28. The molecule has 2 aromatic heterocycles. The minimum atomic E-state index is -4.24. The highest BCUT2D eigenvalue weighted by molar-refractivity contribution is 7.92. The predicted molar refractivity (Wildman–Crippen MR) is 169 cm³/mol. The largest absolute Gasteiger partial charge is 0.493 e. The molecular formula is C31H32N6O9S. The van der Waals surface area contributed by atoms with Crippen LogP contribution in [0.2, 0.25) is 0 Å². The van der Waals surface area contributed by atoms with Gasteiger partial charge in [-0.05, 0) is 55.7 Å². The lowest BCUT2D eigenvalue weighted by molar-refractivity contribution is 0.135. The van der Waals surface area contributed by atoms with E-state index in [4.69, 9.17) is 28.4 Å². The fourth-order valence-corrected chi connectivity index (χ4v) is 5.83. The van der Waals surface area contributed by atoms with Crippen LogP contribution in [-0.2, 0) is 14.8 Å². The van der Waals surface area contributed by atoms with Crippen molar-refractivity contribution < 1.29 is 41.6 Å². The van der Waals surface area contributed by atoms with Crippen LogP contribution in [0.3, 0.4) is 0 Å². The number of carbonyl (C=O) groups excluding carboxylic acids is 1. The fourth-order valence-electron chi connectivity index (χ4n) is 4.81. The van der Waals surface area contributed by atoms with Crippen molar-refractivity contribution >= 4 is 33.7 Å². The number of amides is 1. The molecule has 2 aliphatic rings. The average Bonchev–Trinajstić information content (AvgIpc) is 3.57. The zero-order chi connectivity index (χ0) is 32.6. The third kappa shape index (κ3) is 7.66. The van der Waals surface area contributed by atoms with Crippen molar-refractivity contribution in [2.24, 2.45) is 0 Å². The van der Waals surface area contributed by atoms with Gasteiger partial charge in [-0.25, -0.2) is 18.2 Å². The van der Waals surface area contributed by atoms with E-state index in [9.17, 15) is 13.2 Å². The van der Waals surface area contributed by atoms with Crippen molar-refractivity contribution in [3.63, 3.8) is 0 Å². The number of rotatable bonds is 12. The first-order chi connectivity index (χ1) is 22.9. The Kier molecular flexibility index (Phi) is 9.56. The number of nitrogens with one attached hydrogen (secondary N) is 2. The van der Waals surface area contributed by atoms with Crippen LogP contribution < -0.4 is 38.6 Å². The number of fused-ring (bicyclic) bond motifs is 1. The highest BCUT2D eigenvalue weighted by atomic mass is 32.2. The average molecular weight is 665 g/mol. The van der Waals surface area contributed by atoms with Crippen LogP contribution in [0, 0.1) is 0 Å². The smallest absolute Gasteiger partial charge is 0.412 e. The monoisotopic (exact) mass is 664 g/mol. The summed E-state index contributed by atoms with van der Waals surface area (Å²) in [5, 5.41) is 2.52. The fraction of sp³-hybridized carbons (Fsp3) is 0.290. The zero-order valence-corrected chi connectivity index (χ0v) is 26.2. The molecule has 2 aromatic carbocycles. The molecule has 2 aliphatic heterocycles. The molecule has 4 heterocycles. The summed E-state index contributed by atoms with van der Waals surface area (Å²) in [5.74, 6) is 1.54. The van der Waals surface area contributed by atoms with Gasteiger partial charge in [-0.15, -0.1) is 0 Å². The third-order valence-corrected chi connectivity index (χ3v) is 8.41. The summed E-state index contributed by atoms with van der Waals surface area (Å²) in [5.41, 5.74) is 0. The van der Waals surface area contributed by atoms with Gasteiger partial charge in [0.15, 0.2) is 28.8 Å². The summed E-state index contributed by atoms with van der Waals surface area (Å²) in [6.45, 7) is 0.995. The molecule has 0 radical (unpaired) electrons. The van der Waals surface area contributed by atoms with E-state index in [1.54, 1.807) is 42.5 Å². The van der Waals surface area contributed by atoms with Gasteiger partial charge in [0.25, 0.3) is 15.9 Å². The van der Waals surface area contributed by atoms with Crippen molar-refractivity contribution in [1.82, 2.24) is 15.0 Å². The summed E-state index contributed by atoms with van der Waals surface area (Å²) in [7, 11) is -2.76. The molecule has 6 rings (SSSR count). The van der Waals surface area contributed by atoms with E-state index in [1.165, 1.54) is 31.5 Å². The van der Waals surface area contributed by atoms with Crippen molar-refractivity contribution in [1.29, 1.82) is 0 Å². The molecule has 246 valence electrons. The van der Waals surface area contributed by atoms with Crippen LogP contribution in [0.4, 0.5) is 22.4 Å². The van der Waals surface area contributed by atoms with Crippen LogP contribution >= 0.6 is 0 Å². The minimum absolute atomic E-state index is 0.0104. The van der Waals surface area contributed by atoms with E-state index in [2.05, 4.69) is 25.0 Å². The Hall–Kier alpha value is -5.51. The van der Waals surface area contributed by atoms with Gasteiger partial charge < -0.3 is 33.3 Å². The van der Waals surface area contributed by atoms with Gasteiger partial charge in [0.1, 0.15) is 19.0 Å². The van der Waals surface area contributed by atoms with Crippen molar-refractivity contribution in [3.8, 4) is 34.6 Å². The highest BCUT2D eigenvalue weighted by Crippen LogP contribution is 2.42. The molecule has 0 atom stereocenters. The summed E-state index contributed by atoms with van der Waals surface area (Å²) >= 11 is 0. The molecule has 16 heteroatoms. The van der Waals surface area contributed by atoms with E-state index in [-0.39, 0.29) is 54.0 Å². The van der Waals surface area contributed by atoms with Gasteiger partial charge in [-0.3, -0.25) is 10.0 Å². The standard InChI is InChI=1S/C31H32N6O9S/c1-41-22-9-3-4-10-24(22)46-27-28(36-47(39,40)21-12-13-23-25(19-21)45-20-44-23)34-30(37-15-7-2-8-16-37)35-29(27)42-17-18-43-31(38)33-26-11-5-6-14-32-26/h3-6,9-14,19H,2,7-8,15-18,20H2,1H3,(H,32,33,38)(H,34,35,36). The highest BCUT2D eigenvalue weighted by Gasteiger charge is 2.28. The van der Waals surface area contributed by atoms with Crippen LogP contribution in [0.15, 0.2) is 71.8 Å². The lowest BCUT2D eigenvalue weighted by atomic mass is 10.1. The number of aromatic nitrogens is 3. The lowest BCUT2D eigenvalue weighted by Crippen LogP contribution is -2.31. The number of hydrogen-bond donors (Lipinski definition) is 2. The number of sulfonamides is 1. The second-order valence-electron chi connectivity index (χ2n) is 10.3. The number of anilines is 3. The molecule has 1 amide bonds. The van der Waals surface area contributed by atoms with Crippen LogP contribution in [0.1, 0.15) is 19.3 Å². The van der Waals surface area contributed by atoms with E-state index >= 15 is 0 Å². The van der Waals surface area contributed by atoms with Gasteiger partial charge in [-0.1, -0.05) is 18.2 Å². The molecule has 4 aromatic rings. The maximum Gasteiger partial charge on any atom is 0.412 e. The van der Waals surface area contributed by atoms with Crippen molar-refractivity contribution in [3.05, 3.63) is 66.9 Å². The van der Waals surface area contributed by atoms with Crippen LogP contribution in [0.25, 0.3) is 0 Å². The summed E-state index contributed by atoms with van der Waals surface area (Å²) in [6, 6.07) is 16.2. The molecule has 0 unspecified atom stereocenters. The number of ether oxygens (including phenoxy) is 6. The minimum Gasteiger partial charge on any atom is -0.493 e. The SMILES string of the molecule is COc1ccccc1Oc1c(NS(=O)(=O)c2ccc3c(c2)OCO3)nc(N2CCCCC2)nc1OCCOC(=O)Nc1ccccn1. The topological polar surface area (TPSA) is 173 Å². The maximum atomic E-state index is 13.7. The van der Waals surface area contributed by atoms with Crippen molar-refractivity contribution in [2.75, 3.05) is 55.1 Å². The second kappa shape index (κ2) is 14.3. The number of methoxy groups -OCH3 is 1. The van der Waals surface area contributed by atoms with E-state index in [1.807, 2.05) is 4.90 Å². The van der Waals surface area contributed by atoms with Gasteiger partial charge in [-0.2, -0.15) is 9.97 Å². The predicted octanol–water partition coefficient (Wildman–Crippen LogP) is 4.82. The molecule has 15 nitrogen and oxygen atoms in total. The molecule has 0 bridgehead atoms. The molecule has 1 saturated heterocycles. The second-order valence-corrected chi connectivity index (χ2v) is 11.9. The first-order valence-electron chi connectivity index (χ1n) is 14.8. The van der Waals surface area contributed by atoms with Crippen molar-refractivity contribution in [2.45, 2.75) is 24.2 Å². The molecule has 47 heavy (non-hydrogen) atoms. The molecular weight excluding hydrogens is 632 g/mol. The molecule has 0 spiro atoms. The van der Waals surface area contributed by atoms with E-state index in [0.717, 1.165) is 19.3 Å². The quantitative estimate of drug-likeness (QED) is 0.198. The molecule has 0 saturated carbocycles. The number of hydrogen-bond acceptors (Lipinski definition) is 13. The zero-order valence-electron chi connectivity index (χ0n) is 25.4. The molecule has 2 N–H and O–H groups in total. The van der Waals surface area contributed by atoms with Gasteiger partial charge in [0.05, 0.1) is 12.0 Å². The third-order valence-electron chi connectivity index (χ3n) is 7.08. The Morgan fingerprint density at radius 1 is 0.936 bits per heavy atom. The first-order valence-corrected chi connectivity index (χ1v) is 16.3.